The standard InChI is InChI=1S/C16H13N7O8S/c1-31-14(28)11(25)8(10(24)13(27)19-15-20-16(32)22-21-15)9-12(26)18-7-4-5(23(29)30)2-3-6(7)17-9/h2-4,8,23,29H,1H3,(H,18,26)(H3,19,20,21,22,27,32). The molecule has 0 aliphatic rings. The number of carbonyl (C=O) groups excluding carboxylic acids is 4. The first-order valence-corrected chi connectivity index (χ1v) is 8.92. The first-order valence-electron chi connectivity index (χ1n) is 8.51. The highest BCUT2D eigenvalue weighted by atomic mass is 32.1. The van der Waals surface area contributed by atoms with E-state index in [4.69, 9.17) is 17.4 Å². The molecule has 0 saturated heterocycles. The summed E-state index contributed by atoms with van der Waals surface area (Å²) in [7, 11) is 0.872. The molecule has 0 aliphatic carbocycles. The van der Waals surface area contributed by atoms with Crippen molar-refractivity contribution >= 4 is 58.3 Å². The average Bonchev–Trinajstić information content (AvgIpc) is 3.17. The summed E-state index contributed by atoms with van der Waals surface area (Å²) in [5.74, 6) is -8.38. The number of nitrogens with one attached hydrogen (secondary N) is 5. The van der Waals surface area contributed by atoms with Gasteiger partial charge in [0.1, 0.15) is 11.6 Å². The van der Waals surface area contributed by atoms with Crippen LogP contribution in [0.4, 0.5) is 11.6 Å². The van der Waals surface area contributed by atoms with Crippen LogP contribution in [-0.4, -0.2) is 60.9 Å². The van der Waals surface area contributed by atoms with E-state index in [0.29, 0.717) is 0 Å². The second-order valence-electron chi connectivity index (χ2n) is 6.11. The fourth-order valence-electron chi connectivity index (χ4n) is 2.64. The summed E-state index contributed by atoms with van der Waals surface area (Å²) in [6.45, 7) is 0. The second-order valence-corrected chi connectivity index (χ2v) is 6.50. The Morgan fingerprint density at radius 2 is 1.94 bits per heavy atom. The lowest BCUT2D eigenvalue weighted by Crippen LogP contribution is -2.99. The zero-order chi connectivity index (χ0) is 23.6. The van der Waals surface area contributed by atoms with Crippen molar-refractivity contribution in [1.82, 2.24) is 25.1 Å². The van der Waals surface area contributed by atoms with E-state index in [9.17, 15) is 29.2 Å². The molecule has 15 nitrogen and oxygen atoms in total. The summed E-state index contributed by atoms with van der Waals surface area (Å²) < 4.78 is 4.28. The van der Waals surface area contributed by atoms with Gasteiger partial charge < -0.3 is 14.9 Å². The molecule has 0 saturated carbocycles. The van der Waals surface area contributed by atoms with Crippen molar-refractivity contribution < 1.29 is 34.3 Å². The quantitative estimate of drug-likeness (QED) is 0.0748. The predicted octanol–water partition coefficient (Wildman–Crippen LogP) is -1.86. The number of ketones is 2. The second kappa shape index (κ2) is 8.94. The molecule has 2 unspecified atom stereocenters. The lowest BCUT2D eigenvalue weighted by Gasteiger charge is -2.14. The van der Waals surface area contributed by atoms with Gasteiger partial charge >= 0.3 is 5.97 Å². The van der Waals surface area contributed by atoms with Crippen LogP contribution < -0.4 is 16.1 Å². The maximum Gasteiger partial charge on any atom is 0.375 e. The molecule has 32 heavy (non-hydrogen) atoms. The van der Waals surface area contributed by atoms with Gasteiger partial charge in [0.05, 0.1) is 18.1 Å². The molecule has 2 heterocycles. The Bertz CT molecular complexity index is 1360. The van der Waals surface area contributed by atoms with Crippen LogP contribution in [0, 0.1) is 9.98 Å². The summed E-state index contributed by atoms with van der Waals surface area (Å²) in [5, 5.41) is 25.7. The van der Waals surface area contributed by atoms with E-state index < -0.39 is 45.8 Å². The predicted molar refractivity (Wildman–Crippen MR) is 105 cm³/mol. The van der Waals surface area contributed by atoms with Crippen molar-refractivity contribution in [3.8, 4) is 0 Å². The van der Waals surface area contributed by atoms with Gasteiger partial charge in [0.25, 0.3) is 17.2 Å². The number of Topliss-reactive ketones (excluding diaryl/α,β-unsaturated/α-hetero) is 2. The minimum atomic E-state index is -2.24. The van der Waals surface area contributed by atoms with E-state index in [1.165, 1.54) is 12.1 Å². The summed E-state index contributed by atoms with van der Waals surface area (Å²) in [6, 6.07) is 3.50. The van der Waals surface area contributed by atoms with Gasteiger partial charge in [0, 0.05) is 12.1 Å². The van der Waals surface area contributed by atoms with Crippen LogP contribution in [0.1, 0.15) is 11.6 Å². The Balaban J connectivity index is 2.08. The van der Waals surface area contributed by atoms with E-state index in [2.05, 4.69) is 29.9 Å². The lowest BCUT2D eigenvalue weighted by atomic mass is 9.94. The molecular formula is C16H13N7O8S. The average molecular weight is 463 g/mol. The molecule has 2 atom stereocenters. The van der Waals surface area contributed by atoms with Crippen LogP contribution in [0.2, 0.25) is 0 Å². The highest BCUT2D eigenvalue weighted by molar-refractivity contribution is 7.71. The molecule has 3 rings (SSSR count). The number of hydrogen-bond donors (Lipinski definition) is 6. The number of benzene rings is 1. The number of methoxy groups -OCH3 is 1. The molecule has 0 spiro atoms. The number of aromatic nitrogens is 5. The fourth-order valence-corrected chi connectivity index (χ4v) is 2.79. The number of amides is 1. The minimum absolute atomic E-state index is 0.00291. The summed E-state index contributed by atoms with van der Waals surface area (Å²) in [5.41, 5.74) is -2.02. The Kier molecular flexibility index (Phi) is 6.30. The number of rotatable bonds is 7. The highest BCUT2D eigenvalue weighted by Crippen LogP contribution is 2.19. The third kappa shape index (κ3) is 4.47. The molecule has 0 fully saturated rings. The summed E-state index contributed by atoms with van der Waals surface area (Å²) in [4.78, 5) is 71.9. The Labute approximate surface area is 181 Å². The van der Waals surface area contributed by atoms with E-state index in [0.717, 1.165) is 13.2 Å². The van der Waals surface area contributed by atoms with Crippen LogP contribution in [0.5, 0.6) is 0 Å². The van der Waals surface area contributed by atoms with Crippen molar-refractivity contribution in [1.29, 1.82) is 0 Å². The van der Waals surface area contributed by atoms with Crippen molar-refractivity contribution in [2.45, 2.75) is 5.92 Å². The Morgan fingerprint density at radius 3 is 2.53 bits per heavy atom. The maximum atomic E-state index is 12.8. The molecule has 1 aromatic carbocycles. The van der Waals surface area contributed by atoms with Crippen LogP contribution in [0.3, 0.4) is 0 Å². The van der Waals surface area contributed by atoms with Gasteiger partial charge in [-0.15, -0.1) is 0 Å². The molecule has 3 aromatic rings. The molecular weight excluding hydrogens is 450 g/mol. The van der Waals surface area contributed by atoms with Crippen LogP contribution in [0.15, 0.2) is 23.0 Å². The van der Waals surface area contributed by atoms with E-state index in [1.807, 2.05) is 5.32 Å². The normalized spacial score (nSPS) is 12.7. The largest absolute Gasteiger partial charge is 0.595 e. The highest BCUT2D eigenvalue weighted by Gasteiger charge is 2.40. The molecule has 2 aromatic heterocycles. The molecule has 166 valence electrons. The number of hydrogen-bond acceptors (Lipinski definition) is 11. The summed E-state index contributed by atoms with van der Waals surface area (Å²) >= 11 is 4.72. The van der Waals surface area contributed by atoms with Gasteiger partial charge in [0.2, 0.25) is 16.5 Å². The zero-order valence-electron chi connectivity index (χ0n) is 15.9. The Morgan fingerprint density at radius 1 is 1.22 bits per heavy atom. The van der Waals surface area contributed by atoms with Crippen molar-refractivity contribution in [2.24, 2.45) is 0 Å². The monoisotopic (exact) mass is 463 g/mol. The van der Waals surface area contributed by atoms with Gasteiger partial charge in [-0.25, -0.2) is 15.0 Å². The number of carbonyl (C=O) groups is 4. The molecule has 0 aliphatic heterocycles. The maximum absolute atomic E-state index is 12.8. The third-order valence-electron chi connectivity index (χ3n) is 4.11. The van der Waals surface area contributed by atoms with Crippen molar-refractivity contribution in [2.75, 3.05) is 12.4 Å². The van der Waals surface area contributed by atoms with Gasteiger partial charge in [-0.3, -0.25) is 34.7 Å². The van der Waals surface area contributed by atoms with Crippen LogP contribution in [-0.2, 0) is 23.9 Å². The SMILES string of the molecule is COC(=O)C(=O)C(C(=O)C(=O)Nc1nc(=S)[nH][nH]1)c1nc2ccc([NH+]([O-])O)cc2[nH]c1=O. The zero-order valence-corrected chi connectivity index (χ0v) is 16.7. The van der Waals surface area contributed by atoms with Crippen LogP contribution >= 0.6 is 12.2 Å². The van der Waals surface area contributed by atoms with Crippen molar-refractivity contribution in [3.63, 3.8) is 0 Å². The van der Waals surface area contributed by atoms with Gasteiger partial charge in [-0.2, -0.15) is 10.2 Å². The van der Waals surface area contributed by atoms with Crippen LogP contribution in [0.25, 0.3) is 11.0 Å². The topological polar surface area (TPSA) is 227 Å². The molecule has 0 bridgehead atoms. The lowest BCUT2D eigenvalue weighted by molar-refractivity contribution is -0.991. The first-order chi connectivity index (χ1) is 15.1. The number of esters is 1. The molecule has 0 radical (unpaired) electrons. The molecule has 1 amide bonds. The van der Waals surface area contributed by atoms with Gasteiger partial charge in [0.15, 0.2) is 5.69 Å². The summed E-state index contributed by atoms with van der Waals surface area (Å²) in [6.07, 6.45) is 0. The Hall–Kier alpha value is -4.12. The number of nitrogens with zero attached hydrogens (tertiary/aromatic N) is 2. The fraction of sp³-hybridized carbons (Fsp3) is 0.125. The number of anilines is 1. The molecule has 16 heteroatoms. The number of aromatic amines is 3. The number of ether oxygens (including phenoxy) is 1. The van der Waals surface area contributed by atoms with E-state index >= 15 is 0 Å². The van der Waals surface area contributed by atoms with E-state index in [-0.39, 0.29) is 27.4 Å². The smallest absolute Gasteiger partial charge is 0.375 e. The molecule has 6 N–H and O–H groups in total. The van der Waals surface area contributed by atoms with E-state index in [1.54, 1.807) is 0 Å². The number of H-pyrrole nitrogens is 3. The van der Waals surface area contributed by atoms with Crippen molar-refractivity contribution in [3.05, 3.63) is 44.2 Å². The minimum Gasteiger partial charge on any atom is -0.595 e. The van der Waals surface area contributed by atoms with Gasteiger partial charge in [-0.05, 0) is 18.3 Å². The third-order valence-corrected chi connectivity index (χ3v) is 4.30. The number of quaternary nitrogens is 1. The first kappa shape index (κ1) is 22.6. The van der Waals surface area contributed by atoms with Gasteiger partial charge in [-0.1, -0.05) is 0 Å². The number of fused-ring (bicyclic) bond motifs is 1.